The van der Waals surface area contributed by atoms with E-state index < -0.39 is 36.0 Å². The maximum Gasteiger partial charge on any atom is 0.410 e. The van der Waals surface area contributed by atoms with Crippen molar-refractivity contribution in [2.75, 3.05) is 13.2 Å². The second kappa shape index (κ2) is 4.44. The third-order valence-corrected chi connectivity index (χ3v) is 2.71. The minimum absolute atomic E-state index is 0.0612. The summed E-state index contributed by atoms with van der Waals surface area (Å²) >= 11 is 0. The van der Waals surface area contributed by atoms with Gasteiger partial charge in [-0.3, -0.25) is 4.90 Å². The van der Waals surface area contributed by atoms with E-state index >= 15 is 0 Å². The van der Waals surface area contributed by atoms with Gasteiger partial charge in [-0.25, -0.2) is 4.79 Å². The van der Waals surface area contributed by atoms with Gasteiger partial charge in [0, 0.05) is 0 Å². The first-order chi connectivity index (χ1) is 7.58. The summed E-state index contributed by atoms with van der Waals surface area (Å²) in [4.78, 5) is 13.0. The van der Waals surface area contributed by atoms with Crippen LogP contribution < -0.4 is 0 Å². The molecule has 0 bridgehead atoms. The second-order valence-corrected chi connectivity index (χ2v) is 5.66. The summed E-state index contributed by atoms with van der Waals surface area (Å²) in [6.07, 6.45) is -1.83. The first kappa shape index (κ1) is 14.2. The van der Waals surface area contributed by atoms with Crippen LogP contribution in [0.4, 0.5) is 4.79 Å². The van der Waals surface area contributed by atoms with Crippen LogP contribution in [0.5, 0.6) is 0 Å². The summed E-state index contributed by atoms with van der Waals surface area (Å²) in [5, 5.41) is 28.8. The van der Waals surface area contributed by atoms with Gasteiger partial charge >= 0.3 is 6.09 Å². The minimum atomic E-state index is -1.43. The third-order valence-electron chi connectivity index (χ3n) is 2.71. The summed E-state index contributed by atoms with van der Waals surface area (Å²) in [6.45, 7) is 6.12. The van der Waals surface area contributed by atoms with Crippen LogP contribution in [0, 0.1) is 0 Å². The van der Waals surface area contributed by atoms with E-state index in [1.165, 1.54) is 6.92 Å². The zero-order valence-electron chi connectivity index (χ0n) is 10.7. The number of β-amino-alcohol motifs (C(OH)–C–C–N with tert-alkyl or cyclic N) is 1. The van der Waals surface area contributed by atoms with Crippen molar-refractivity contribution in [3.05, 3.63) is 0 Å². The fourth-order valence-corrected chi connectivity index (χ4v) is 1.86. The first-order valence-electron chi connectivity index (χ1n) is 5.59. The lowest BCUT2D eigenvalue weighted by molar-refractivity contribution is -0.0418. The number of aliphatic hydroxyl groups excluding tert-OH is 2. The average Bonchev–Trinajstić information content (AvgIpc) is 2.36. The number of carbonyl (C=O) groups is 1. The molecule has 0 spiro atoms. The summed E-state index contributed by atoms with van der Waals surface area (Å²) in [5.74, 6) is 0. The SMILES string of the molecule is CC(C)(C)OC(=O)N1C[C@@](C)(O)[C@H](O)[C@H]1CO. The number of rotatable bonds is 1. The largest absolute Gasteiger partial charge is 0.444 e. The van der Waals surface area contributed by atoms with Gasteiger partial charge in [0.2, 0.25) is 0 Å². The standard InChI is InChI=1S/C11H21NO5/c1-10(2,3)17-9(15)12-6-11(4,16)8(14)7(12)5-13/h7-8,13-14,16H,5-6H2,1-4H3/t7-,8-,11-/m1/s1. The zero-order valence-corrected chi connectivity index (χ0v) is 10.7. The van der Waals surface area contributed by atoms with Crippen LogP contribution in [0.1, 0.15) is 27.7 Å². The predicted octanol–water partition coefficient (Wildman–Crippen LogP) is -0.290. The molecule has 1 rings (SSSR count). The molecular formula is C11H21NO5. The van der Waals surface area contributed by atoms with Gasteiger partial charge in [-0.15, -0.1) is 0 Å². The van der Waals surface area contributed by atoms with Gasteiger partial charge in [0.1, 0.15) is 17.3 Å². The van der Waals surface area contributed by atoms with Crippen molar-refractivity contribution in [2.24, 2.45) is 0 Å². The topological polar surface area (TPSA) is 90.2 Å². The number of nitrogens with zero attached hydrogens (tertiary/aromatic N) is 1. The van der Waals surface area contributed by atoms with Crippen molar-refractivity contribution < 1.29 is 24.9 Å². The molecule has 0 aliphatic carbocycles. The van der Waals surface area contributed by atoms with Crippen LogP contribution in [0.15, 0.2) is 0 Å². The predicted molar refractivity (Wildman–Crippen MR) is 60.4 cm³/mol. The number of aliphatic hydroxyl groups is 3. The van der Waals surface area contributed by atoms with Crippen LogP contribution in [0.3, 0.4) is 0 Å². The molecule has 0 unspecified atom stereocenters. The number of hydrogen-bond donors (Lipinski definition) is 3. The Morgan fingerprint density at radius 2 is 2.06 bits per heavy atom. The summed E-state index contributed by atoms with van der Waals surface area (Å²) in [7, 11) is 0. The summed E-state index contributed by atoms with van der Waals surface area (Å²) in [6, 6.07) is -0.833. The Bertz CT molecular complexity index is 297. The van der Waals surface area contributed by atoms with E-state index in [4.69, 9.17) is 9.84 Å². The highest BCUT2D eigenvalue weighted by molar-refractivity contribution is 5.69. The highest BCUT2D eigenvalue weighted by Crippen LogP contribution is 2.28. The van der Waals surface area contributed by atoms with Crippen molar-refractivity contribution >= 4 is 6.09 Å². The Labute approximate surface area is 101 Å². The van der Waals surface area contributed by atoms with Crippen LogP contribution >= 0.6 is 0 Å². The van der Waals surface area contributed by atoms with E-state index in [9.17, 15) is 15.0 Å². The number of amides is 1. The van der Waals surface area contributed by atoms with E-state index in [0.717, 1.165) is 4.90 Å². The minimum Gasteiger partial charge on any atom is -0.444 e. The number of likely N-dealkylation sites (tertiary alicyclic amines) is 1. The van der Waals surface area contributed by atoms with Gasteiger partial charge in [0.05, 0.1) is 19.2 Å². The molecule has 6 nitrogen and oxygen atoms in total. The smallest absolute Gasteiger partial charge is 0.410 e. The van der Waals surface area contributed by atoms with Gasteiger partial charge in [-0.1, -0.05) is 0 Å². The van der Waals surface area contributed by atoms with Crippen LogP contribution in [0.2, 0.25) is 0 Å². The molecule has 1 aliphatic heterocycles. The quantitative estimate of drug-likeness (QED) is 0.592. The summed E-state index contributed by atoms with van der Waals surface area (Å²) < 4.78 is 5.15. The van der Waals surface area contributed by atoms with Crippen molar-refractivity contribution in [1.29, 1.82) is 0 Å². The molecule has 6 heteroatoms. The van der Waals surface area contributed by atoms with Crippen LogP contribution in [0.25, 0.3) is 0 Å². The van der Waals surface area contributed by atoms with E-state index in [0.29, 0.717) is 0 Å². The first-order valence-corrected chi connectivity index (χ1v) is 5.59. The highest BCUT2D eigenvalue weighted by atomic mass is 16.6. The fraction of sp³-hybridized carbons (Fsp3) is 0.909. The zero-order chi connectivity index (χ0) is 13.4. The molecule has 3 N–H and O–H groups in total. The Balaban J connectivity index is 2.81. The molecule has 1 amide bonds. The summed E-state index contributed by atoms with van der Waals surface area (Å²) in [5.41, 5.74) is -2.08. The molecule has 0 radical (unpaired) electrons. The molecule has 0 saturated carbocycles. The van der Waals surface area contributed by atoms with E-state index in [1.807, 2.05) is 0 Å². The number of ether oxygens (including phenoxy) is 1. The van der Waals surface area contributed by atoms with Crippen molar-refractivity contribution in [3.63, 3.8) is 0 Å². The van der Waals surface area contributed by atoms with Gasteiger partial charge < -0.3 is 20.1 Å². The molecule has 1 saturated heterocycles. The van der Waals surface area contributed by atoms with E-state index in [-0.39, 0.29) is 6.54 Å². The maximum absolute atomic E-state index is 11.8. The van der Waals surface area contributed by atoms with E-state index in [1.54, 1.807) is 20.8 Å². The molecule has 3 atom stereocenters. The lowest BCUT2D eigenvalue weighted by Crippen LogP contribution is -2.45. The van der Waals surface area contributed by atoms with Crippen molar-refractivity contribution in [3.8, 4) is 0 Å². The molecule has 1 fully saturated rings. The van der Waals surface area contributed by atoms with Crippen molar-refractivity contribution in [2.45, 2.75) is 51.0 Å². The number of carbonyl (C=O) groups excluding carboxylic acids is 1. The Morgan fingerprint density at radius 1 is 1.53 bits per heavy atom. The molecule has 0 aromatic rings. The van der Waals surface area contributed by atoms with Crippen LogP contribution in [-0.2, 0) is 4.74 Å². The molecule has 0 aromatic carbocycles. The monoisotopic (exact) mass is 247 g/mol. The fourth-order valence-electron chi connectivity index (χ4n) is 1.86. The molecule has 1 heterocycles. The van der Waals surface area contributed by atoms with E-state index in [2.05, 4.69) is 0 Å². The highest BCUT2D eigenvalue weighted by Gasteiger charge is 2.50. The molecule has 17 heavy (non-hydrogen) atoms. The van der Waals surface area contributed by atoms with Gasteiger partial charge in [-0.2, -0.15) is 0 Å². The Morgan fingerprint density at radius 3 is 2.47 bits per heavy atom. The third kappa shape index (κ3) is 3.08. The number of hydrogen-bond acceptors (Lipinski definition) is 5. The molecule has 1 aliphatic rings. The van der Waals surface area contributed by atoms with Crippen LogP contribution in [-0.4, -0.2) is 62.8 Å². The lowest BCUT2D eigenvalue weighted by Gasteiger charge is -2.28. The van der Waals surface area contributed by atoms with Gasteiger partial charge in [0.25, 0.3) is 0 Å². The Kier molecular flexibility index (Phi) is 3.71. The van der Waals surface area contributed by atoms with Gasteiger partial charge in [0.15, 0.2) is 0 Å². The lowest BCUT2D eigenvalue weighted by atomic mass is 10.00. The molecule has 100 valence electrons. The molecule has 0 aromatic heterocycles. The second-order valence-electron chi connectivity index (χ2n) is 5.66. The molecular weight excluding hydrogens is 226 g/mol. The van der Waals surface area contributed by atoms with Crippen molar-refractivity contribution in [1.82, 2.24) is 4.90 Å². The average molecular weight is 247 g/mol. The van der Waals surface area contributed by atoms with Gasteiger partial charge in [-0.05, 0) is 27.7 Å². The Hall–Kier alpha value is -0.850. The maximum atomic E-state index is 11.8. The normalized spacial score (nSPS) is 33.9.